The van der Waals surface area contributed by atoms with Gasteiger partial charge in [0.25, 0.3) is 0 Å². The number of hydrogen-bond donors (Lipinski definition) is 1. The molecular formula is C18H15ClF3N3O. The SMILES string of the molecule is O=C(Nc1ccc(C(F)(F)F)c(Cl)c1)N1[C@@H]2CC[C@H]1c1cnccc1C2. The van der Waals surface area contributed by atoms with Gasteiger partial charge in [-0.05, 0) is 54.7 Å². The van der Waals surface area contributed by atoms with Crippen LogP contribution in [0.4, 0.5) is 23.7 Å². The normalized spacial score (nSPS) is 21.5. The minimum atomic E-state index is -4.53. The minimum absolute atomic E-state index is 0.0534. The van der Waals surface area contributed by atoms with Crippen LogP contribution >= 0.6 is 11.6 Å². The van der Waals surface area contributed by atoms with E-state index in [9.17, 15) is 18.0 Å². The lowest BCUT2D eigenvalue weighted by Gasteiger charge is -2.36. The van der Waals surface area contributed by atoms with E-state index < -0.39 is 16.8 Å². The van der Waals surface area contributed by atoms with Crippen LogP contribution in [0.5, 0.6) is 0 Å². The Hall–Kier alpha value is -2.28. The molecule has 4 nitrogen and oxygen atoms in total. The third-order valence-electron chi connectivity index (χ3n) is 5.02. The molecule has 4 rings (SSSR count). The van der Waals surface area contributed by atoms with Gasteiger partial charge in [-0.3, -0.25) is 4.98 Å². The van der Waals surface area contributed by atoms with Crippen LogP contribution < -0.4 is 5.32 Å². The lowest BCUT2D eigenvalue weighted by molar-refractivity contribution is -0.137. The van der Waals surface area contributed by atoms with Crippen molar-refractivity contribution in [1.29, 1.82) is 0 Å². The maximum absolute atomic E-state index is 12.8. The molecule has 1 fully saturated rings. The number of rotatable bonds is 1. The Morgan fingerprint density at radius 3 is 2.81 bits per heavy atom. The number of nitrogens with one attached hydrogen (secondary N) is 1. The molecule has 0 saturated carbocycles. The number of halogens is 4. The van der Waals surface area contributed by atoms with E-state index in [1.165, 1.54) is 11.6 Å². The van der Waals surface area contributed by atoms with Crippen molar-refractivity contribution in [3.63, 3.8) is 0 Å². The highest BCUT2D eigenvalue weighted by atomic mass is 35.5. The minimum Gasteiger partial charge on any atom is -0.314 e. The summed E-state index contributed by atoms with van der Waals surface area (Å²) in [5.41, 5.74) is 1.57. The zero-order valence-electron chi connectivity index (χ0n) is 13.6. The van der Waals surface area contributed by atoms with Gasteiger partial charge in [-0.1, -0.05) is 11.6 Å². The highest BCUT2D eigenvalue weighted by molar-refractivity contribution is 6.31. The summed E-state index contributed by atoms with van der Waals surface area (Å²) in [6, 6.07) is 4.90. The molecule has 1 N–H and O–H groups in total. The molecule has 0 radical (unpaired) electrons. The number of alkyl halides is 3. The van der Waals surface area contributed by atoms with Gasteiger partial charge in [0.15, 0.2) is 0 Å². The van der Waals surface area contributed by atoms with Crippen LogP contribution in [-0.2, 0) is 12.6 Å². The zero-order chi connectivity index (χ0) is 18.5. The van der Waals surface area contributed by atoms with E-state index in [4.69, 9.17) is 11.6 Å². The highest BCUT2D eigenvalue weighted by Gasteiger charge is 2.42. The first kappa shape index (κ1) is 17.1. The second-order valence-electron chi connectivity index (χ2n) is 6.56. The monoisotopic (exact) mass is 381 g/mol. The van der Waals surface area contributed by atoms with E-state index in [1.54, 1.807) is 17.3 Å². The molecule has 1 saturated heterocycles. The predicted molar refractivity (Wildman–Crippen MR) is 91.0 cm³/mol. The number of hydrogen-bond acceptors (Lipinski definition) is 2. The first-order chi connectivity index (χ1) is 12.3. The van der Waals surface area contributed by atoms with Crippen molar-refractivity contribution in [3.8, 4) is 0 Å². The predicted octanol–water partition coefficient (Wildman–Crippen LogP) is 5.05. The molecule has 2 bridgehead atoms. The molecule has 2 aliphatic heterocycles. The van der Waals surface area contributed by atoms with Gasteiger partial charge >= 0.3 is 12.2 Å². The molecule has 2 aliphatic rings. The van der Waals surface area contributed by atoms with Crippen LogP contribution in [0.15, 0.2) is 36.7 Å². The summed E-state index contributed by atoms with van der Waals surface area (Å²) >= 11 is 5.73. The molecule has 136 valence electrons. The molecular weight excluding hydrogens is 367 g/mol. The zero-order valence-corrected chi connectivity index (χ0v) is 14.3. The van der Waals surface area contributed by atoms with Crippen molar-refractivity contribution in [2.75, 3.05) is 5.32 Å². The van der Waals surface area contributed by atoms with E-state index in [0.29, 0.717) is 0 Å². The molecule has 8 heteroatoms. The summed E-state index contributed by atoms with van der Waals surface area (Å²) in [6.45, 7) is 0. The number of aromatic nitrogens is 1. The van der Waals surface area contributed by atoms with Crippen molar-refractivity contribution in [3.05, 3.63) is 58.4 Å². The van der Waals surface area contributed by atoms with Crippen LogP contribution in [0, 0.1) is 0 Å². The number of benzene rings is 1. The topological polar surface area (TPSA) is 45.2 Å². The Kier molecular flexibility index (Phi) is 4.06. The lowest BCUT2D eigenvalue weighted by atomic mass is 9.95. The number of carbonyl (C=O) groups excluding carboxylic acids is 1. The molecule has 1 aromatic heterocycles. The molecule has 2 aromatic rings. The molecule has 2 amide bonds. The second kappa shape index (κ2) is 6.16. The maximum Gasteiger partial charge on any atom is 0.417 e. The van der Waals surface area contributed by atoms with Crippen LogP contribution in [0.25, 0.3) is 0 Å². The maximum atomic E-state index is 12.8. The van der Waals surface area contributed by atoms with Crippen molar-refractivity contribution in [2.24, 2.45) is 0 Å². The smallest absolute Gasteiger partial charge is 0.314 e. The number of urea groups is 1. The summed E-state index contributed by atoms with van der Waals surface area (Å²) in [5, 5.41) is 2.24. The summed E-state index contributed by atoms with van der Waals surface area (Å²) in [5.74, 6) is 0. The molecule has 0 aliphatic carbocycles. The third-order valence-corrected chi connectivity index (χ3v) is 5.34. The Morgan fingerprint density at radius 1 is 1.27 bits per heavy atom. The van der Waals surface area contributed by atoms with Crippen LogP contribution in [-0.4, -0.2) is 22.0 Å². The Labute approximate surface area is 153 Å². The van der Waals surface area contributed by atoms with Crippen molar-refractivity contribution in [1.82, 2.24) is 9.88 Å². The molecule has 26 heavy (non-hydrogen) atoms. The third kappa shape index (κ3) is 2.90. The molecule has 0 unspecified atom stereocenters. The van der Waals surface area contributed by atoms with Crippen LogP contribution in [0.3, 0.4) is 0 Å². The Morgan fingerprint density at radius 2 is 2.08 bits per heavy atom. The van der Waals surface area contributed by atoms with E-state index in [0.717, 1.165) is 37.0 Å². The highest BCUT2D eigenvalue weighted by Crippen LogP contribution is 2.43. The van der Waals surface area contributed by atoms with Gasteiger partial charge in [0.1, 0.15) is 0 Å². The van der Waals surface area contributed by atoms with Gasteiger partial charge in [-0.25, -0.2) is 4.79 Å². The number of fused-ring (bicyclic) bond motifs is 4. The Balaban J connectivity index is 1.56. The Bertz CT molecular complexity index is 871. The quantitative estimate of drug-likeness (QED) is 0.751. The van der Waals surface area contributed by atoms with E-state index in [2.05, 4.69) is 10.3 Å². The van der Waals surface area contributed by atoms with Crippen LogP contribution in [0.1, 0.15) is 35.6 Å². The number of pyridine rings is 1. The van der Waals surface area contributed by atoms with Crippen molar-refractivity contribution >= 4 is 23.3 Å². The van der Waals surface area contributed by atoms with E-state index in [1.807, 2.05) is 6.07 Å². The van der Waals surface area contributed by atoms with Gasteiger partial charge in [-0.2, -0.15) is 13.2 Å². The van der Waals surface area contributed by atoms with Gasteiger partial charge in [0.05, 0.1) is 16.6 Å². The lowest BCUT2D eigenvalue weighted by Crippen LogP contribution is -2.44. The van der Waals surface area contributed by atoms with Gasteiger partial charge in [0.2, 0.25) is 0 Å². The summed E-state index contributed by atoms with van der Waals surface area (Å²) in [6.07, 6.45) is 1.51. The van der Waals surface area contributed by atoms with Gasteiger partial charge in [0, 0.05) is 24.1 Å². The molecule has 1 aromatic carbocycles. The first-order valence-electron chi connectivity index (χ1n) is 8.23. The second-order valence-corrected chi connectivity index (χ2v) is 6.96. The van der Waals surface area contributed by atoms with Gasteiger partial charge < -0.3 is 10.2 Å². The fourth-order valence-electron chi connectivity index (χ4n) is 3.88. The fraction of sp³-hybridized carbons (Fsp3) is 0.333. The van der Waals surface area contributed by atoms with Crippen molar-refractivity contribution in [2.45, 2.75) is 37.5 Å². The van der Waals surface area contributed by atoms with Gasteiger partial charge in [-0.15, -0.1) is 0 Å². The molecule has 0 spiro atoms. The first-order valence-corrected chi connectivity index (χ1v) is 8.61. The molecule has 3 heterocycles. The summed E-state index contributed by atoms with van der Waals surface area (Å²) in [7, 11) is 0. The van der Waals surface area contributed by atoms with Crippen molar-refractivity contribution < 1.29 is 18.0 Å². The standard InChI is InChI=1S/C18H15ClF3N3O/c19-15-8-11(1-3-14(15)18(20,21)22)24-17(26)25-12-2-4-16(25)13-9-23-6-5-10(13)7-12/h1,3,5-6,8-9,12,16H,2,4,7H2,(H,24,26)/t12-,16+/m1/s1. The average Bonchev–Trinajstić information content (AvgIpc) is 2.89. The number of carbonyl (C=O) groups is 1. The number of nitrogens with zero attached hydrogens (tertiary/aromatic N) is 2. The average molecular weight is 382 g/mol. The van der Waals surface area contributed by atoms with E-state index in [-0.39, 0.29) is 23.8 Å². The largest absolute Gasteiger partial charge is 0.417 e. The molecule has 2 atom stereocenters. The number of anilines is 1. The van der Waals surface area contributed by atoms with E-state index >= 15 is 0 Å². The summed E-state index contributed by atoms with van der Waals surface area (Å²) < 4.78 is 38.4. The summed E-state index contributed by atoms with van der Waals surface area (Å²) in [4.78, 5) is 18.7. The number of amides is 2. The fourth-order valence-corrected chi connectivity index (χ4v) is 4.17. The van der Waals surface area contributed by atoms with Crippen LogP contribution in [0.2, 0.25) is 5.02 Å².